The van der Waals surface area contributed by atoms with Crippen LogP contribution in [0, 0.1) is 0 Å². The molecule has 0 heterocycles. The van der Waals surface area contributed by atoms with Crippen LogP contribution in [0.2, 0.25) is 10.0 Å². The first kappa shape index (κ1) is 16.6. The SMILES string of the molecule is COC(=O)c1cccc(S(=O)(=O)Nc2ccc(Cl)cc2Cl)c1. The highest BCUT2D eigenvalue weighted by Gasteiger charge is 2.18. The van der Waals surface area contributed by atoms with E-state index in [4.69, 9.17) is 23.2 Å². The third kappa shape index (κ3) is 3.71. The lowest BCUT2D eigenvalue weighted by molar-refractivity contribution is 0.0600. The Labute approximate surface area is 137 Å². The first-order valence-electron chi connectivity index (χ1n) is 6.00. The molecule has 0 fully saturated rings. The van der Waals surface area contributed by atoms with Gasteiger partial charge in [0.1, 0.15) is 0 Å². The van der Waals surface area contributed by atoms with Crippen LogP contribution in [0.3, 0.4) is 0 Å². The summed E-state index contributed by atoms with van der Waals surface area (Å²) in [7, 11) is -2.68. The number of nitrogens with one attached hydrogen (secondary N) is 1. The van der Waals surface area contributed by atoms with E-state index in [-0.39, 0.29) is 21.2 Å². The van der Waals surface area contributed by atoms with E-state index >= 15 is 0 Å². The van der Waals surface area contributed by atoms with Crippen molar-refractivity contribution in [1.82, 2.24) is 0 Å². The van der Waals surface area contributed by atoms with E-state index in [1.165, 1.54) is 49.6 Å². The monoisotopic (exact) mass is 359 g/mol. The van der Waals surface area contributed by atoms with Gasteiger partial charge in [-0.2, -0.15) is 0 Å². The zero-order valence-electron chi connectivity index (χ0n) is 11.3. The number of anilines is 1. The molecule has 0 aromatic heterocycles. The number of benzene rings is 2. The highest BCUT2D eigenvalue weighted by atomic mass is 35.5. The van der Waals surface area contributed by atoms with Crippen molar-refractivity contribution in [3.63, 3.8) is 0 Å². The largest absolute Gasteiger partial charge is 0.465 e. The molecule has 2 rings (SSSR count). The molecule has 1 N–H and O–H groups in total. The van der Waals surface area contributed by atoms with Gasteiger partial charge in [-0.05, 0) is 36.4 Å². The lowest BCUT2D eigenvalue weighted by Gasteiger charge is -2.10. The fourth-order valence-corrected chi connectivity index (χ4v) is 3.32. The van der Waals surface area contributed by atoms with Gasteiger partial charge in [-0.1, -0.05) is 29.3 Å². The third-order valence-electron chi connectivity index (χ3n) is 2.74. The molecular formula is C14H11Cl2NO4S. The van der Waals surface area contributed by atoms with Crippen molar-refractivity contribution in [3.8, 4) is 0 Å². The van der Waals surface area contributed by atoms with Crippen LogP contribution in [0.15, 0.2) is 47.4 Å². The van der Waals surface area contributed by atoms with Gasteiger partial charge in [-0.15, -0.1) is 0 Å². The first-order valence-corrected chi connectivity index (χ1v) is 8.23. The quantitative estimate of drug-likeness (QED) is 0.846. The molecule has 0 radical (unpaired) electrons. The van der Waals surface area contributed by atoms with E-state index in [0.717, 1.165) is 0 Å². The van der Waals surface area contributed by atoms with Crippen molar-refractivity contribution >= 4 is 44.9 Å². The standard InChI is InChI=1S/C14H11Cl2NO4S/c1-21-14(18)9-3-2-4-11(7-9)22(19,20)17-13-6-5-10(15)8-12(13)16/h2-8,17H,1H3. The number of carbonyl (C=O) groups is 1. The molecule has 2 aromatic rings. The predicted molar refractivity (Wildman–Crippen MR) is 85.1 cm³/mol. The molecule has 0 atom stereocenters. The molecule has 116 valence electrons. The van der Waals surface area contributed by atoms with Crippen molar-refractivity contribution in [2.75, 3.05) is 11.8 Å². The van der Waals surface area contributed by atoms with E-state index < -0.39 is 16.0 Å². The number of hydrogen-bond acceptors (Lipinski definition) is 4. The molecule has 0 saturated heterocycles. The Kier molecular flexibility index (Phi) is 4.95. The molecule has 8 heteroatoms. The van der Waals surface area contributed by atoms with Crippen LogP contribution in [-0.2, 0) is 14.8 Å². The van der Waals surface area contributed by atoms with E-state index in [1.54, 1.807) is 0 Å². The topological polar surface area (TPSA) is 72.5 Å². The molecule has 2 aromatic carbocycles. The van der Waals surface area contributed by atoms with Crippen molar-refractivity contribution in [3.05, 3.63) is 58.1 Å². The van der Waals surface area contributed by atoms with Crippen molar-refractivity contribution in [2.24, 2.45) is 0 Å². The summed E-state index contributed by atoms with van der Waals surface area (Å²) in [5.74, 6) is -0.624. The molecule has 22 heavy (non-hydrogen) atoms. The summed E-state index contributed by atoms with van der Waals surface area (Å²) in [6.45, 7) is 0. The summed E-state index contributed by atoms with van der Waals surface area (Å²) >= 11 is 11.7. The van der Waals surface area contributed by atoms with Gasteiger partial charge in [0.25, 0.3) is 10.0 Å². The lowest BCUT2D eigenvalue weighted by Crippen LogP contribution is -2.14. The van der Waals surface area contributed by atoms with Crippen molar-refractivity contribution < 1.29 is 17.9 Å². The van der Waals surface area contributed by atoms with Crippen LogP contribution in [0.1, 0.15) is 10.4 Å². The summed E-state index contributed by atoms with van der Waals surface area (Å²) < 4.78 is 31.6. The summed E-state index contributed by atoms with van der Waals surface area (Å²) in [6.07, 6.45) is 0. The number of sulfonamides is 1. The molecular weight excluding hydrogens is 349 g/mol. The van der Waals surface area contributed by atoms with Crippen LogP contribution in [0.4, 0.5) is 5.69 Å². The number of carbonyl (C=O) groups excluding carboxylic acids is 1. The molecule has 5 nitrogen and oxygen atoms in total. The number of rotatable bonds is 4. The second kappa shape index (κ2) is 6.56. The average molecular weight is 360 g/mol. The summed E-state index contributed by atoms with van der Waals surface area (Å²) in [4.78, 5) is 11.4. The normalized spacial score (nSPS) is 11.0. The molecule has 0 aliphatic rings. The number of hydrogen-bond donors (Lipinski definition) is 1. The highest BCUT2D eigenvalue weighted by molar-refractivity contribution is 7.92. The minimum Gasteiger partial charge on any atom is -0.465 e. The summed E-state index contributed by atoms with van der Waals surface area (Å²) in [5, 5.41) is 0.556. The molecule has 0 amide bonds. The van der Waals surface area contributed by atoms with Gasteiger partial charge >= 0.3 is 5.97 Å². The van der Waals surface area contributed by atoms with Crippen molar-refractivity contribution in [1.29, 1.82) is 0 Å². The predicted octanol–water partition coefficient (Wildman–Crippen LogP) is 3.58. The Bertz CT molecular complexity index is 821. The second-order valence-corrected chi connectivity index (χ2v) is 6.78. The van der Waals surface area contributed by atoms with E-state index in [9.17, 15) is 13.2 Å². The minimum absolute atomic E-state index is 0.0820. The second-order valence-electron chi connectivity index (χ2n) is 4.25. The van der Waals surface area contributed by atoms with Gasteiger partial charge in [0.15, 0.2) is 0 Å². The zero-order valence-corrected chi connectivity index (χ0v) is 13.7. The van der Waals surface area contributed by atoms with Gasteiger partial charge in [-0.25, -0.2) is 13.2 Å². The van der Waals surface area contributed by atoms with Crippen LogP contribution in [-0.4, -0.2) is 21.5 Å². The zero-order chi connectivity index (χ0) is 16.3. The van der Waals surface area contributed by atoms with E-state index in [1.807, 2.05) is 0 Å². The van der Waals surface area contributed by atoms with E-state index in [2.05, 4.69) is 9.46 Å². The van der Waals surface area contributed by atoms with Gasteiger partial charge in [-0.3, -0.25) is 4.72 Å². The smallest absolute Gasteiger partial charge is 0.337 e. The fraction of sp³-hybridized carbons (Fsp3) is 0.0714. The molecule has 0 bridgehead atoms. The van der Waals surface area contributed by atoms with Crippen molar-refractivity contribution in [2.45, 2.75) is 4.90 Å². The average Bonchev–Trinajstić information content (AvgIpc) is 2.49. The number of halogens is 2. The summed E-state index contributed by atoms with van der Waals surface area (Å²) in [5.41, 5.74) is 0.321. The van der Waals surface area contributed by atoms with Gasteiger partial charge in [0, 0.05) is 5.02 Å². The molecule has 0 saturated carbocycles. The molecule has 0 spiro atoms. The number of ether oxygens (including phenoxy) is 1. The lowest BCUT2D eigenvalue weighted by atomic mass is 10.2. The minimum atomic E-state index is -3.90. The fourth-order valence-electron chi connectivity index (χ4n) is 1.68. The maximum absolute atomic E-state index is 12.3. The number of methoxy groups -OCH3 is 1. The highest BCUT2D eigenvalue weighted by Crippen LogP contribution is 2.27. The van der Waals surface area contributed by atoms with Crippen LogP contribution >= 0.6 is 23.2 Å². The summed E-state index contributed by atoms with van der Waals surface area (Å²) in [6, 6.07) is 9.87. The van der Waals surface area contributed by atoms with Gasteiger partial charge in [0.2, 0.25) is 0 Å². The Morgan fingerprint density at radius 1 is 1.14 bits per heavy atom. The number of esters is 1. The van der Waals surface area contributed by atoms with Gasteiger partial charge in [0.05, 0.1) is 28.3 Å². The maximum atomic E-state index is 12.3. The maximum Gasteiger partial charge on any atom is 0.337 e. The Morgan fingerprint density at radius 2 is 1.86 bits per heavy atom. The van der Waals surface area contributed by atoms with Gasteiger partial charge < -0.3 is 4.74 Å². The first-order chi connectivity index (χ1) is 10.3. The van der Waals surface area contributed by atoms with Crippen LogP contribution in [0.25, 0.3) is 0 Å². The van der Waals surface area contributed by atoms with Crippen LogP contribution < -0.4 is 4.72 Å². The Balaban J connectivity index is 2.36. The molecule has 0 unspecified atom stereocenters. The molecule has 0 aliphatic heterocycles. The molecule has 0 aliphatic carbocycles. The van der Waals surface area contributed by atoms with E-state index in [0.29, 0.717) is 5.02 Å². The Morgan fingerprint density at radius 3 is 2.50 bits per heavy atom. The third-order valence-corrected chi connectivity index (χ3v) is 4.65. The Hall–Kier alpha value is -1.76. The van der Waals surface area contributed by atoms with Crippen LogP contribution in [0.5, 0.6) is 0 Å².